The summed E-state index contributed by atoms with van der Waals surface area (Å²) >= 11 is 0. The van der Waals surface area contributed by atoms with Crippen molar-refractivity contribution in [3.63, 3.8) is 0 Å². The third kappa shape index (κ3) is 2.60. The highest BCUT2D eigenvalue weighted by molar-refractivity contribution is 5.75. The Labute approximate surface area is 101 Å². The van der Waals surface area contributed by atoms with Gasteiger partial charge in [0.1, 0.15) is 5.75 Å². The van der Waals surface area contributed by atoms with Crippen LogP contribution in [0.15, 0.2) is 24.3 Å². The first kappa shape index (κ1) is 12.0. The van der Waals surface area contributed by atoms with Crippen LogP contribution in [0.5, 0.6) is 5.75 Å². The summed E-state index contributed by atoms with van der Waals surface area (Å²) in [5, 5.41) is 18.9. The van der Waals surface area contributed by atoms with E-state index in [1.165, 1.54) is 0 Å². The highest BCUT2D eigenvalue weighted by atomic mass is 16.4. The largest absolute Gasteiger partial charge is 0.508 e. The number of aromatic hydroxyl groups is 1. The van der Waals surface area contributed by atoms with Crippen molar-refractivity contribution < 1.29 is 15.0 Å². The Morgan fingerprint density at radius 2 is 1.94 bits per heavy atom. The molecule has 1 aliphatic carbocycles. The van der Waals surface area contributed by atoms with E-state index in [0.717, 1.165) is 37.7 Å². The van der Waals surface area contributed by atoms with Gasteiger partial charge in [0.2, 0.25) is 0 Å². The van der Waals surface area contributed by atoms with E-state index in [0.29, 0.717) is 6.42 Å². The Morgan fingerprint density at radius 1 is 1.24 bits per heavy atom. The van der Waals surface area contributed by atoms with Gasteiger partial charge in [0.05, 0.1) is 5.41 Å². The molecule has 0 unspecified atom stereocenters. The first-order valence-electron chi connectivity index (χ1n) is 6.14. The van der Waals surface area contributed by atoms with Crippen molar-refractivity contribution in [2.75, 3.05) is 0 Å². The molecule has 0 bridgehead atoms. The van der Waals surface area contributed by atoms with Gasteiger partial charge in [-0.2, -0.15) is 0 Å². The van der Waals surface area contributed by atoms with Gasteiger partial charge in [-0.15, -0.1) is 0 Å². The van der Waals surface area contributed by atoms with Crippen molar-refractivity contribution in [2.45, 2.75) is 38.5 Å². The number of carboxylic acid groups (broad SMARTS) is 1. The maximum absolute atomic E-state index is 11.5. The molecular formula is C14H18O3. The molecule has 0 heterocycles. The molecule has 1 saturated carbocycles. The monoisotopic (exact) mass is 234 g/mol. The highest BCUT2D eigenvalue weighted by Crippen LogP contribution is 2.39. The van der Waals surface area contributed by atoms with Gasteiger partial charge in [0.25, 0.3) is 0 Å². The van der Waals surface area contributed by atoms with Gasteiger partial charge in [-0.25, -0.2) is 0 Å². The molecule has 0 atom stereocenters. The lowest BCUT2D eigenvalue weighted by Gasteiger charge is -2.33. The maximum atomic E-state index is 11.5. The number of hydrogen-bond donors (Lipinski definition) is 2. The Balaban J connectivity index is 2.20. The minimum absolute atomic E-state index is 0.207. The Morgan fingerprint density at radius 3 is 2.53 bits per heavy atom. The van der Waals surface area contributed by atoms with Crippen molar-refractivity contribution in [1.29, 1.82) is 0 Å². The van der Waals surface area contributed by atoms with Gasteiger partial charge in [0, 0.05) is 0 Å². The summed E-state index contributed by atoms with van der Waals surface area (Å²) in [5.74, 6) is -0.487. The predicted molar refractivity (Wildman–Crippen MR) is 65.0 cm³/mol. The van der Waals surface area contributed by atoms with E-state index in [-0.39, 0.29) is 5.75 Å². The summed E-state index contributed by atoms with van der Waals surface area (Å²) in [4.78, 5) is 11.5. The zero-order chi connectivity index (χ0) is 12.3. The van der Waals surface area contributed by atoms with Crippen LogP contribution in [0, 0.1) is 5.41 Å². The molecule has 0 aliphatic heterocycles. The third-order valence-electron chi connectivity index (χ3n) is 3.72. The first-order chi connectivity index (χ1) is 8.12. The molecule has 0 amide bonds. The van der Waals surface area contributed by atoms with Gasteiger partial charge in [-0.3, -0.25) is 4.79 Å². The second-order valence-corrected chi connectivity index (χ2v) is 4.99. The fourth-order valence-electron chi connectivity index (χ4n) is 2.75. The third-order valence-corrected chi connectivity index (χ3v) is 3.72. The van der Waals surface area contributed by atoms with Crippen molar-refractivity contribution in [2.24, 2.45) is 5.41 Å². The average molecular weight is 234 g/mol. The Bertz CT molecular complexity index is 406. The molecule has 0 aromatic heterocycles. The quantitative estimate of drug-likeness (QED) is 0.845. The standard InChI is InChI=1S/C14H18O3/c15-12-6-4-5-11(9-12)10-14(13(16)17)7-2-1-3-8-14/h4-6,9,15H,1-3,7-8,10H2,(H,16,17). The molecule has 2 rings (SSSR count). The number of phenolic OH excluding ortho intramolecular Hbond substituents is 1. The van der Waals surface area contributed by atoms with Gasteiger partial charge in [-0.1, -0.05) is 31.4 Å². The van der Waals surface area contributed by atoms with E-state index in [1.807, 2.05) is 6.07 Å². The molecule has 1 aliphatic rings. The van der Waals surface area contributed by atoms with Crippen LogP contribution >= 0.6 is 0 Å². The predicted octanol–water partition coefficient (Wildman–Crippen LogP) is 2.97. The summed E-state index contributed by atoms with van der Waals surface area (Å²) in [5.41, 5.74) is 0.292. The topological polar surface area (TPSA) is 57.5 Å². The van der Waals surface area contributed by atoms with Crippen molar-refractivity contribution >= 4 is 5.97 Å². The smallest absolute Gasteiger partial charge is 0.309 e. The second kappa shape index (κ2) is 4.78. The van der Waals surface area contributed by atoms with E-state index >= 15 is 0 Å². The molecular weight excluding hydrogens is 216 g/mol. The summed E-state index contributed by atoms with van der Waals surface area (Å²) in [6.45, 7) is 0. The van der Waals surface area contributed by atoms with Gasteiger partial charge in [-0.05, 0) is 37.0 Å². The molecule has 2 N–H and O–H groups in total. The zero-order valence-corrected chi connectivity index (χ0v) is 9.85. The van der Waals surface area contributed by atoms with Gasteiger partial charge >= 0.3 is 5.97 Å². The van der Waals surface area contributed by atoms with Crippen LogP contribution in [0.2, 0.25) is 0 Å². The molecule has 3 nitrogen and oxygen atoms in total. The van der Waals surface area contributed by atoms with E-state index in [1.54, 1.807) is 18.2 Å². The van der Waals surface area contributed by atoms with Crippen molar-refractivity contribution in [3.05, 3.63) is 29.8 Å². The van der Waals surface area contributed by atoms with Crippen molar-refractivity contribution in [1.82, 2.24) is 0 Å². The number of carbonyl (C=O) groups is 1. The van der Waals surface area contributed by atoms with E-state index in [2.05, 4.69) is 0 Å². The minimum atomic E-state index is -0.694. The number of hydrogen-bond acceptors (Lipinski definition) is 2. The lowest BCUT2D eigenvalue weighted by atomic mass is 9.70. The summed E-state index contributed by atoms with van der Waals surface area (Å²) < 4.78 is 0. The Kier molecular flexibility index (Phi) is 3.36. The van der Waals surface area contributed by atoms with Crippen LogP contribution < -0.4 is 0 Å². The molecule has 1 aromatic carbocycles. The summed E-state index contributed by atoms with van der Waals surface area (Å²) in [6, 6.07) is 6.93. The van der Waals surface area contributed by atoms with E-state index in [4.69, 9.17) is 0 Å². The molecule has 92 valence electrons. The molecule has 1 aromatic rings. The SMILES string of the molecule is O=C(O)C1(Cc2cccc(O)c2)CCCCC1. The lowest BCUT2D eigenvalue weighted by Crippen LogP contribution is -2.35. The normalized spacial score (nSPS) is 18.8. The Hall–Kier alpha value is -1.51. The highest BCUT2D eigenvalue weighted by Gasteiger charge is 2.39. The van der Waals surface area contributed by atoms with Crippen LogP contribution in [0.1, 0.15) is 37.7 Å². The molecule has 0 radical (unpaired) electrons. The zero-order valence-electron chi connectivity index (χ0n) is 9.85. The van der Waals surface area contributed by atoms with Crippen LogP contribution in [0.25, 0.3) is 0 Å². The van der Waals surface area contributed by atoms with E-state index in [9.17, 15) is 15.0 Å². The number of carboxylic acids is 1. The second-order valence-electron chi connectivity index (χ2n) is 4.99. The molecule has 3 heteroatoms. The molecule has 0 spiro atoms. The van der Waals surface area contributed by atoms with Crippen LogP contribution in [-0.2, 0) is 11.2 Å². The number of rotatable bonds is 3. The van der Waals surface area contributed by atoms with Crippen LogP contribution in [0.4, 0.5) is 0 Å². The minimum Gasteiger partial charge on any atom is -0.508 e. The van der Waals surface area contributed by atoms with Crippen molar-refractivity contribution in [3.8, 4) is 5.75 Å². The van der Waals surface area contributed by atoms with Crippen LogP contribution in [-0.4, -0.2) is 16.2 Å². The summed E-state index contributed by atoms with van der Waals surface area (Å²) in [7, 11) is 0. The van der Waals surface area contributed by atoms with Gasteiger partial charge < -0.3 is 10.2 Å². The first-order valence-corrected chi connectivity index (χ1v) is 6.14. The molecule has 0 saturated heterocycles. The fourth-order valence-corrected chi connectivity index (χ4v) is 2.75. The van der Waals surface area contributed by atoms with Gasteiger partial charge in [0.15, 0.2) is 0 Å². The number of aliphatic carboxylic acids is 1. The van der Waals surface area contributed by atoms with E-state index < -0.39 is 11.4 Å². The molecule has 17 heavy (non-hydrogen) atoms. The lowest BCUT2D eigenvalue weighted by molar-refractivity contribution is -0.151. The summed E-state index contributed by atoms with van der Waals surface area (Å²) in [6.07, 6.45) is 5.14. The number of benzene rings is 1. The maximum Gasteiger partial charge on any atom is 0.309 e. The number of phenols is 1. The van der Waals surface area contributed by atoms with Crippen LogP contribution in [0.3, 0.4) is 0 Å². The molecule has 1 fully saturated rings. The average Bonchev–Trinajstić information content (AvgIpc) is 2.30. The fraction of sp³-hybridized carbons (Fsp3) is 0.500.